The number of carboxylic acid groups (broad SMARTS) is 13. The number of aromatic carboxylic acids is 3. The van der Waals surface area contributed by atoms with E-state index in [1.807, 2.05) is 0 Å². The van der Waals surface area contributed by atoms with E-state index in [-0.39, 0.29) is 417 Å². The molecule has 11 N–H and O–H groups in total. The average molecular weight is 1330 g/mol. The fourth-order valence-corrected chi connectivity index (χ4v) is 2.56. The van der Waals surface area contributed by atoms with Crippen LogP contribution in [0, 0.1) is 0 Å². The zero-order valence-electron chi connectivity index (χ0n) is 48.3. The molecule has 1 atom stereocenters. The summed E-state index contributed by atoms with van der Waals surface area (Å²) in [5.41, 5.74) is -3.48. The fraction of sp³-hybridized carbons (Fsp3) is 0.158. The van der Waals surface area contributed by atoms with Crippen molar-refractivity contribution in [3.05, 3.63) is 95.6 Å². The molecule has 0 spiro atoms. The fourth-order valence-electron chi connectivity index (χ4n) is 2.56. The van der Waals surface area contributed by atoms with E-state index in [1.54, 1.807) is 18.2 Å². The molecule has 0 amide bonds. The van der Waals surface area contributed by atoms with Crippen LogP contribution >= 0.6 is 0 Å². The Morgan fingerprint density at radius 3 is 0.906 bits per heavy atom. The van der Waals surface area contributed by atoms with Crippen LogP contribution in [0.3, 0.4) is 0 Å². The van der Waals surface area contributed by atoms with E-state index in [9.17, 15) is 108 Å². The summed E-state index contributed by atoms with van der Waals surface area (Å²) in [6, 6.07) is 13.2. The molecule has 0 heterocycles. The SMILES string of the molecule is O=C(O)/C=C\C(=O)O.O=C([O-])C(=O)[O-].O=C([O-])CC(O)(CC(=O)[O-])C(=O)[O-].O=C([O-])c1ccccc1.O=C([O-])c1ccccc1C(=O)[O-].O=[C-]/C=C/C(=O)[O-].O=[C-]CC(=O)[O-].O=[C-]CC(O)C(=O)[O-].[Na+].[Na+].[Na+].[Na+].[Na+].[Na+].[Na+].[Na+].[Na+].[Na+].[Na+].[Na+].[Na+].[OH-].[OH3+].[OH3+]. The van der Waals surface area contributed by atoms with Gasteiger partial charge in [0.25, 0.3) is 0 Å². The molecule has 85 heavy (non-hydrogen) atoms. The largest absolute Gasteiger partial charge is 1.00 e. The van der Waals surface area contributed by atoms with Gasteiger partial charge in [-0.25, -0.2) is 9.59 Å². The number of benzene rings is 2. The first-order valence-corrected chi connectivity index (χ1v) is 16.4. The first-order chi connectivity index (χ1) is 31.7. The van der Waals surface area contributed by atoms with E-state index in [4.69, 9.17) is 45.0 Å². The summed E-state index contributed by atoms with van der Waals surface area (Å²) in [7, 11) is 0. The number of carbonyl (C=O) groups excluding carboxylic acids is 14. The molecule has 402 valence electrons. The van der Waals surface area contributed by atoms with Gasteiger partial charge in [-0.15, -0.1) is 12.8 Å². The maximum absolute atomic E-state index is 10.3. The molecule has 2 aromatic rings. The van der Waals surface area contributed by atoms with E-state index in [1.165, 1.54) is 36.8 Å². The quantitative estimate of drug-likeness (QED) is 0.0285. The predicted octanol–water partition coefficient (Wildman–Crippen LogP) is -57.3. The first-order valence-electron chi connectivity index (χ1n) is 16.4. The molecular formula is C38H33Na13O34. The van der Waals surface area contributed by atoms with Crippen molar-refractivity contribution < 1.29 is 554 Å². The van der Waals surface area contributed by atoms with E-state index >= 15 is 0 Å². The van der Waals surface area contributed by atoms with Crippen LogP contribution in [0.1, 0.15) is 56.8 Å². The Hall–Kier alpha value is 2.84. The third-order valence-corrected chi connectivity index (χ3v) is 5.22. The molecule has 0 saturated carbocycles. The molecule has 2 aromatic carbocycles. The van der Waals surface area contributed by atoms with Crippen molar-refractivity contribution in [2.45, 2.75) is 37.4 Å². The van der Waals surface area contributed by atoms with Crippen LogP contribution in [0.2, 0.25) is 0 Å². The number of aliphatic hydroxyl groups excluding tert-OH is 1. The Morgan fingerprint density at radius 2 is 0.776 bits per heavy atom. The van der Waals surface area contributed by atoms with E-state index in [2.05, 4.69) is 0 Å². The van der Waals surface area contributed by atoms with Crippen molar-refractivity contribution in [1.82, 2.24) is 0 Å². The van der Waals surface area contributed by atoms with Gasteiger partial charge in [-0.1, -0.05) is 54.6 Å². The first kappa shape index (κ1) is 153. The summed E-state index contributed by atoms with van der Waals surface area (Å²) in [6.45, 7) is 0. The summed E-state index contributed by atoms with van der Waals surface area (Å²) < 4.78 is 0. The minimum absolute atomic E-state index is 0. The van der Waals surface area contributed by atoms with Gasteiger partial charge in [0.15, 0.2) is 0 Å². The minimum atomic E-state index is -2.97. The van der Waals surface area contributed by atoms with Crippen molar-refractivity contribution in [3.63, 3.8) is 0 Å². The molecule has 0 aliphatic rings. The Balaban J connectivity index is -0.0000000263. The molecule has 34 nitrogen and oxygen atoms in total. The van der Waals surface area contributed by atoms with Crippen molar-refractivity contribution in [2.24, 2.45) is 0 Å². The average Bonchev–Trinajstić information content (AvgIpc) is 3.23. The number of hydrogen-bond donors (Lipinski definition) is 4. The Labute approximate surface area is 768 Å². The van der Waals surface area contributed by atoms with Crippen LogP contribution in [-0.4, -0.2) is 134 Å². The molecule has 0 fully saturated rings. The Bertz CT molecular complexity index is 2110. The number of hydrogen-bond acceptors (Lipinski definition) is 30. The van der Waals surface area contributed by atoms with Crippen molar-refractivity contribution in [1.29, 1.82) is 0 Å². The van der Waals surface area contributed by atoms with Gasteiger partial charge >= 0.3 is 396 Å². The third-order valence-electron chi connectivity index (χ3n) is 5.22. The zero-order valence-corrected chi connectivity index (χ0v) is 74.3. The van der Waals surface area contributed by atoms with Gasteiger partial charge < -0.3 is 160 Å². The van der Waals surface area contributed by atoms with Gasteiger partial charge in [-0.05, 0) is 17.8 Å². The standard InChI is InChI=1S/C8H6O4.C7H6O2.C6H8O7.C4H5O4.C4H4O4.C4H3O3.C3H3O3.C2H2O4.13Na.3H2O/c9-7(10)5-3-1-2-4-6(5)8(11)12;8-7(9)6-4-2-1-3-5-6;7-3(8)1-6(13,5(11)12)2-4(9)10;5-2-1-3(6)4(7)8;5-3(6)1-2-4(7)8;5-3-1-2-4(6)7;4-2-1-3(5)6;3-1(4)2(5)6;;;;;;;;;;;;;;;;/h1-4H,(H,9,10)(H,11,12);1-5H,(H,8,9);13H,1-2H2,(H,7,8)(H,9,10)(H,11,12);3,6H,1H2,(H,7,8);1-2H,(H,5,6)(H,7,8);1-2H,(H,6,7);1H2,(H,5,6);(H,3,4)(H,5,6);;;;;;;;;;;;;;3*1H2/q;;;-1;;2*-1;;13*+1;;;/p-10/b;;;;2-1-;2-1+;;;;;;;;;;;;;;;;;;. The third kappa shape index (κ3) is 118. The van der Waals surface area contributed by atoms with Crippen molar-refractivity contribution in [2.75, 3.05) is 0 Å². The number of allylic oxidation sites excluding steroid dienone is 1. The summed E-state index contributed by atoms with van der Waals surface area (Å²) >= 11 is 0. The molecule has 47 heteroatoms. The molecule has 0 aliphatic heterocycles. The number of carboxylic acids is 13. The van der Waals surface area contributed by atoms with Crippen LogP contribution in [-0.2, 0) is 73.3 Å². The van der Waals surface area contributed by atoms with E-state index in [0.29, 0.717) is 18.2 Å². The predicted molar refractivity (Wildman–Crippen MR) is 198 cm³/mol. The van der Waals surface area contributed by atoms with Gasteiger partial charge in [-0.2, -0.15) is 12.2 Å². The second-order valence-corrected chi connectivity index (χ2v) is 10.4. The topological polar surface area (TPSA) is 704 Å². The maximum atomic E-state index is 10.3. The molecule has 1 unspecified atom stereocenters. The second kappa shape index (κ2) is 100. The van der Waals surface area contributed by atoms with Crippen LogP contribution in [0.4, 0.5) is 0 Å². The normalized spacial score (nSPS) is 7.79. The number of aliphatic hydroxyl groups is 2. The van der Waals surface area contributed by atoms with Gasteiger partial charge in [0.05, 0.1) is 47.9 Å². The smallest absolute Gasteiger partial charge is 0.870 e. The molecule has 0 aliphatic carbocycles. The van der Waals surface area contributed by atoms with Gasteiger partial charge in [0.1, 0.15) is 5.60 Å². The molecule has 0 saturated heterocycles. The molecule has 0 radical (unpaired) electrons. The summed E-state index contributed by atoms with van der Waals surface area (Å²) in [4.78, 5) is 153. The monoisotopic (exact) mass is 1330 g/mol. The van der Waals surface area contributed by atoms with E-state index < -0.39 is 115 Å². The molecule has 0 aromatic heterocycles. The van der Waals surface area contributed by atoms with Gasteiger partial charge in [0, 0.05) is 54.0 Å². The summed E-state index contributed by atoms with van der Waals surface area (Å²) in [5.74, 6) is -21.5. The van der Waals surface area contributed by atoms with Crippen LogP contribution in [0.15, 0.2) is 78.9 Å². The summed E-state index contributed by atoms with van der Waals surface area (Å²) in [5, 5.41) is 139. The van der Waals surface area contributed by atoms with Crippen LogP contribution < -0.4 is 440 Å². The van der Waals surface area contributed by atoms with Gasteiger partial charge in [-0.3, -0.25) is 12.6 Å². The van der Waals surface area contributed by atoms with E-state index in [0.717, 1.165) is 24.5 Å². The number of aliphatic carboxylic acids is 10. The van der Waals surface area contributed by atoms with Crippen LogP contribution in [0.5, 0.6) is 0 Å². The summed E-state index contributed by atoms with van der Waals surface area (Å²) in [6.07, 6.45) is 0.515. The Morgan fingerprint density at radius 1 is 0.471 bits per heavy atom. The minimum Gasteiger partial charge on any atom is -0.870 e. The zero-order chi connectivity index (χ0) is 55.5. The van der Waals surface area contributed by atoms with Crippen LogP contribution in [0.25, 0.3) is 0 Å². The molecular weight excluding hydrogens is 1300 g/mol. The van der Waals surface area contributed by atoms with Crippen molar-refractivity contribution >= 4 is 96.5 Å². The second-order valence-electron chi connectivity index (χ2n) is 10.4. The van der Waals surface area contributed by atoms with Gasteiger partial charge in [0.2, 0.25) is 0 Å². The molecule has 0 bridgehead atoms. The molecule has 2 rings (SSSR count). The maximum Gasteiger partial charge on any atom is 1.00 e. The van der Waals surface area contributed by atoms with Crippen molar-refractivity contribution in [3.8, 4) is 0 Å². The number of rotatable bonds is 17. The number of carbonyl (C=O) groups is 13. The Kier molecular flexibility index (Phi) is 180.